The lowest BCUT2D eigenvalue weighted by molar-refractivity contribution is -0.917. The Hall–Kier alpha value is -2.38. The van der Waals surface area contributed by atoms with E-state index in [4.69, 9.17) is 4.98 Å². The van der Waals surface area contributed by atoms with Crippen LogP contribution in [0, 0.1) is 6.92 Å². The van der Waals surface area contributed by atoms with Crippen molar-refractivity contribution in [3.63, 3.8) is 0 Å². The molecule has 4 rings (SSSR count). The molecule has 0 saturated carbocycles. The Morgan fingerprint density at radius 1 is 1.25 bits per heavy atom. The van der Waals surface area contributed by atoms with Crippen molar-refractivity contribution in [3.8, 4) is 11.3 Å². The maximum absolute atomic E-state index is 12.2. The van der Waals surface area contributed by atoms with Gasteiger partial charge in [0.25, 0.3) is 0 Å². The van der Waals surface area contributed by atoms with Gasteiger partial charge < -0.3 is 15.1 Å². The van der Waals surface area contributed by atoms with E-state index in [2.05, 4.69) is 52.5 Å². The third kappa shape index (κ3) is 3.91. The smallest absolute Gasteiger partial charge is 0.318 e. The number of aryl methyl sites for hydroxylation is 1. The first-order valence-corrected chi connectivity index (χ1v) is 10.8. The summed E-state index contributed by atoms with van der Waals surface area (Å²) in [6.07, 6.45) is 2.12. The zero-order chi connectivity index (χ0) is 19.7. The zero-order valence-corrected chi connectivity index (χ0v) is 17.6. The van der Waals surface area contributed by atoms with E-state index >= 15 is 0 Å². The van der Waals surface area contributed by atoms with Crippen molar-refractivity contribution in [1.29, 1.82) is 0 Å². The average Bonchev–Trinajstić information content (AvgIpc) is 3.25. The highest BCUT2D eigenvalue weighted by atomic mass is 32.1. The van der Waals surface area contributed by atoms with Crippen LogP contribution in [0.4, 0.5) is 4.79 Å². The Morgan fingerprint density at radius 3 is 2.64 bits per heavy atom. The number of carbonyl (C=O) groups excluding carboxylic acids is 1. The Labute approximate surface area is 169 Å². The molecule has 1 fully saturated rings. The molecule has 0 radical (unpaired) electrons. The van der Waals surface area contributed by atoms with E-state index in [1.54, 1.807) is 11.3 Å². The van der Waals surface area contributed by atoms with E-state index in [9.17, 15) is 4.79 Å². The number of piperazine rings is 1. The van der Waals surface area contributed by atoms with Crippen molar-refractivity contribution in [2.45, 2.75) is 33.4 Å². The summed E-state index contributed by atoms with van der Waals surface area (Å²) in [5, 5.41) is 5.09. The lowest BCUT2D eigenvalue weighted by Gasteiger charge is -2.32. The van der Waals surface area contributed by atoms with Gasteiger partial charge in [0.1, 0.15) is 12.2 Å². The topological polar surface area (TPSA) is 54.1 Å². The van der Waals surface area contributed by atoms with Crippen LogP contribution in [0.1, 0.15) is 25.1 Å². The van der Waals surface area contributed by atoms with Gasteiger partial charge in [-0.05, 0) is 20.8 Å². The second kappa shape index (κ2) is 7.93. The van der Waals surface area contributed by atoms with Crippen LogP contribution in [-0.2, 0) is 6.54 Å². The predicted octanol–water partition coefficient (Wildman–Crippen LogP) is 2.19. The third-order valence-electron chi connectivity index (χ3n) is 5.27. The van der Waals surface area contributed by atoms with Crippen LogP contribution in [-0.4, -0.2) is 52.5 Å². The number of nitrogens with one attached hydrogen (secondary N) is 2. The van der Waals surface area contributed by atoms with E-state index < -0.39 is 0 Å². The maximum atomic E-state index is 12.2. The minimum absolute atomic E-state index is 0.0546. The van der Waals surface area contributed by atoms with E-state index in [0.717, 1.165) is 43.4 Å². The molecule has 0 spiro atoms. The first kappa shape index (κ1) is 19.0. The number of carbonyl (C=O) groups is 1. The normalized spacial score (nSPS) is 15.5. The molecule has 7 heteroatoms. The molecule has 2 N–H and O–H groups in total. The van der Waals surface area contributed by atoms with Gasteiger partial charge in [-0.3, -0.25) is 4.40 Å². The number of thiazole rings is 1. The van der Waals surface area contributed by atoms with Gasteiger partial charge in [-0.25, -0.2) is 9.78 Å². The van der Waals surface area contributed by atoms with Gasteiger partial charge in [-0.15, -0.1) is 11.3 Å². The van der Waals surface area contributed by atoms with Crippen LogP contribution in [0.2, 0.25) is 0 Å². The lowest BCUT2D eigenvalue weighted by Crippen LogP contribution is -3.13. The van der Waals surface area contributed by atoms with E-state index in [1.807, 2.05) is 18.7 Å². The number of imidazole rings is 1. The Bertz CT molecular complexity index is 951. The fourth-order valence-electron chi connectivity index (χ4n) is 3.72. The number of amides is 2. The van der Waals surface area contributed by atoms with Gasteiger partial charge in [-0.2, -0.15) is 0 Å². The summed E-state index contributed by atoms with van der Waals surface area (Å²) in [5.74, 6) is 0. The maximum Gasteiger partial charge on any atom is 0.318 e. The molecule has 3 heterocycles. The molecule has 0 atom stereocenters. The van der Waals surface area contributed by atoms with Gasteiger partial charge in [0.05, 0.1) is 31.9 Å². The first-order valence-electron chi connectivity index (χ1n) is 9.91. The molecule has 3 aromatic rings. The highest BCUT2D eigenvalue weighted by Gasteiger charge is 2.26. The van der Waals surface area contributed by atoms with Crippen molar-refractivity contribution in [2.24, 2.45) is 0 Å². The molecule has 0 bridgehead atoms. The van der Waals surface area contributed by atoms with Crippen LogP contribution in [0.15, 0.2) is 35.8 Å². The number of fused-ring (bicyclic) bond motifs is 1. The van der Waals surface area contributed by atoms with Crippen molar-refractivity contribution < 1.29 is 9.69 Å². The van der Waals surface area contributed by atoms with Crippen LogP contribution in [0.25, 0.3) is 16.2 Å². The number of urea groups is 1. The molecule has 2 aromatic heterocycles. The molecule has 1 aliphatic heterocycles. The standard InChI is InChI=1S/C21H27N5OS/c1-15(2)22-20(27)25-10-8-24(9-11-25)14-18-19(17-6-4-16(3)5-7-17)23-21-26(18)12-13-28-21/h4-7,12-13,15H,8-11,14H2,1-3H3,(H,22,27)/p+1. The lowest BCUT2D eigenvalue weighted by atomic mass is 10.1. The molecule has 148 valence electrons. The van der Waals surface area contributed by atoms with Crippen molar-refractivity contribution in [3.05, 3.63) is 47.1 Å². The van der Waals surface area contributed by atoms with E-state index in [1.165, 1.54) is 21.7 Å². The summed E-state index contributed by atoms with van der Waals surface area (Å²) in [6, 6.07) is 8.84. The quantitative estimate of drug-likeness (QED) is 0.708. The Morgan fingerprint density at radius 2 is 1.96 bits per heavy atom. The van der Waals surface area contributed by atoms with Gasteiger partial charge in [0.15, 0.2) is 4.96 Å². The third-order valence-corrected chi connectivity index (χ3v) is 6.03. The molecule has 28 heavy (non-hydrogen) atoms. The van der Waals surface area contributed by atoms with Gasteiger partial charge >= 0.3 is 6.03 Å². The van der Waals surface area contributed by atoms with Crippen LogP contribution >= 0.6 is 11.3 Å². The van der Waals surface area contributed by atoms with Gasteiger partial charge in [-0.1, -0.05) is 29.8 Å². The molecular weight excluding hydrogens is 370 g/mol. The SMILES string of the molecule is Cc1ccc(-c2nc3sccn3c2C[NH+]2CCN(C(=O)NC(C)C)CC2)cc1. The summed E-state index contributed by atoms with van der Waals surface area (Å²) in [5.41, 5.74) is 4.77. The fourth-order valence-corrected chi connectivity index (χ4v) is 4.45. The molecule has 1 saturated heterocycles. The molecule has 0 unspecified atom stereocenters. The second-order valence-electron chi connectivity index (χ2n) is 7.85. The number of quaternary nitrogens is 1. The molecule has 1 aliphatic rings. The minimum Gasteiger partial charge on any atom is -0.336 e. The van der Waals surface area contributed by atoms with Crippen molar-refractivity contribution in [2.75, 3.05) is 26.2 Å². The van der Waals surface area contributed by atoms with Gasteiger partial charge in [0, 0.05) is 23.2 Å². The summed E-state index contributed by atoms with van der Waals surface area (Å²) in [7, 11) is 0. The highest BCUT2D eigenvalue weighted by Crippen LogP contribution is 2.26. The van der Waals surface area contributed by atoms with Crippen LogP contribution in [0.3, 0.4) is 0 Å². The van der Waals surface area contributed by atoms with Crippen molar-refractivity contribution >= 4 is 22.3 Å². The van der Waals surface area contributed by atoms with E-state index in [-0.39, 0.29) is 12.1 Å². The van der Waals surface area contributed by atoms with Crippen LogP contribution in [0.5, 0.6) is 0 Å². The monoisotopic (exact) mass is 398 g/mol. The molecular formula is C21H28N5OS+. The predicted molar refractivity (Wildman–Crippen MR) is 113 cm³/mol. The zero-order valence-electron chi connectivity index (χ0n) is 16.7. The summed E-state index contributed by atoms with van der Waals surface area (Å²) in [4.78, 5) is 21.6. The minimum atomic E-state index is 0.0546. The summed E-state index contributed by atoms with van der Waals surface area (Å²) in [6.45, 7) is 10.5. The molecule has 6 nitrogen and oxygen atoms in total. The van der Waals surface area contributed by atoms with Crippen molar-refractivity contribution in [1.82, 2.24) is 19.6 Å². The second-order valence-corrected chi connectivity index (χ2v) is 8.72. The summed E-state index contributed by atoms with van der Waals surface area (Å²) < 4.78 is 2.23. The number of nitrogens with zero attached hydrogens (tertiary/aromatic N) is 3. The molecule has 0 aliphatic carbocycles. The van der Waals surface area contributed by atoms with Crippen LogP contribution < -0.4 is 10.2 Å². The largest absolute Gasteiger partial charge is 0.336 e. The number of hydrogen-bond donors (Lipinski definition) is 2. The van der Waals surface area contributed by atoms with Gasteiger partial charge in [0.2, 0.25) is 0 Å². The number of rotatable bonds is 4. The molecule has 1 aromatic carbocycles. The number of benzene rings is 1. The highest BCUT2D eigenvalue weighted by molar-refractivity contribution is 7.15. The molecule has 2 amide bonds. The Kier molecular flexibility index (Phi) is 5.37. The Balaban J connectivity index is 1.51. The number of hydrogen-bond acceptors (Lipinski definition) is 3. The summed E-state index contributed by atoms with van der Waals surface area (Å²) >= 11 is 1.67. The first-order chi connectivity index (χ1) is 13.5. The number of aromatic nitrogens is 2. The fraction of sp³-hybridized carbons (Fsp3) is 0.429. The van der Waals surface area contributed by atoms with E-state index in [0.29, 0.717) is 0 Å². The average molecular weight is 399 g/mol.